The van der Waals surface area contributed by atoms with E-state index in [2.05, 4.69) is 25.5 Å². The van der Waals surface area contributed by atoms with Gasteiger partial charge in [-0.2, -0.15) is 13.2 Å². The third kappa shape index (κ3) is 5.00. The van der Waals surface area contributed by atoms with Crippen LogP contribution in [0.5, 0.6) is 5.75 Å². The Balaban J connectivity index is 1.62. The van der Waals surface area contributed by atoms with Gasteiger partial charge in [0, 0.05) is 28.6 Å². The van der Waals surface area contributed by atoms with Crippen LogP contribution < -0.4 is 10.1 Å². The average molecular weight is 506 g/mol. The fourth-order valence-electron chi connectivity index (χ4n) is 3.11. The first kappa shape index (κ1) is 23.6. The van der Waals surface area contributed by atoms with Gasteiger partial charge in [0.25, 0.3) is 5.91 Å². The molecule has 1 N–H and O–H groups in total. The van der Waals surface area contributed by atoms with E-state index in [-0.39, 0.29) is 15.8 Å². The monoisotopic (exact) mass is 505 g/mol. The van der Waals surface area contributed by atoms with Crippen molar-refractivity contribution in [3.05, 3.63) is 70.8 Å². The van der Waals surface area contributed by atoms with Gasteiger partial charge >= 0.3 is 6.18 Å². The van der Waals surface area contributed by atoms with Gasteiger partial charge in [-0.15, -0.1) is 10.2 Å². The number of amides is 1. The molecule has 0 aliphatic heterocycles. The van der Waals surface area contributed by atoms with Crippen molar-refractivity contribution in [2.45, 2.75) is 13.1 Å². The van der Waals surface area contributed by atoms with Crippen LogP contribution in [0.25, 0.3) is 21.7 Å². The fraction of sp³-hybridized carbons (Fsp3) is 0.136. The molecule has 0 atom stereocenters. The molecule has 4 rings (SSSR count). The lowest BCUT2D eigenvalue weighted by atomic mass is 10.0. The molecule has 0 unspecified atom stereocenters. The molecule has 7 nitrogen and oxygen atoms in total. The first-order valence-corrected chi connectivity index (χ1v) is 10.8. The lowest BCUT2D eigenvalue weighted by Crippen LogP contribution is -2.14. The maximum absolute atomic E-state index is 13.1. The summed E-state index contributed by atoms with van der Waals surface area (Å²) < 4.78 is 43.7. The van der Waals surface area contributed by atoms with Crippen molar-refractivity contribution in [3.63, 3.8) is 0 Å². The summed E-state index contributed by atoms with van der Waals surface area (Å²) in [6, 6.07) is 7.84. The number of hydrogen-bond acceptors (Lipinski definition) is 7. The highest BCUT2D eigenvalue weighted by atomic mass is 35.5. The van der Waals surface area contributed by atoms with E-state index in [0.717, 1.165) is 23.5 Å². The molecule has 0 saturated heterocycles. The maximum Gasteiger partial charge on any atom is 0.416 e. The summed E-state index contributed by atoms with van der Waals surface area (Å²) >= 11 is 7.08. The van der Waals surface area contributed by atoms with Crippen LogP contribution in [-0.2, 0) is 6.18 Å². The molecule has 0 spiro atoms. The van der Waals surface area contributed by atoms with Gasteiger partial charge in [0.05, 0.1) is 24.4 Å². The molecule has 0 fully saturated rings. The molecular formula is C22H15ClF3N5O2S. The van der Waals surface area contributed by atoms with Crippen molar-refractivity contribution >= 4 is 34.0 Å². The van der Waals surface area contributed by atoms with Gasteiger partial charge in [-0.1, -0.05) is 35.1 Å². The number of halogens is 4. The number of ether oxygens (including phenoxy) is 1. The van der Waals surface area contributed by atoms with Gasteiger partial charge in [0.15, 0.2) is 0 Å². The molecule has 1 aromatic carbocycles. The molecule has 3 aromatic heterocycles. The summed E-state index contributed by atoms with van der Waals surface area (Å²) in [6.45, 7) is 1.78. The molecule has 0 aliphatic carbocycles. The number of rotatable bonds is 5. The molecule has 0 saturated carbocycles. The number of aryl methyl sites for hydroxylation is 1. The molecule has 0 aliphatic rings. The predicted molar refractivity (Wildman–Crippen MR) is 122 cm³/mol. The van der Waals surface area contributed by atoms with Crippen LogP contribution in [0.3, 0.4) is 0 Å². The van der Waals surface area contributed by atoms with Crippen molar-refractivity contribution in [1.82, 2.24) is 20.2 Å². The molecule has 3 heterocycles. The van der Waals surface area contributed by atoms with Crippen molar-refractivity contribution < 1.29 is 22.7 Å². The van der Waals surface area contributed by atoms with Gasteiger partial charge in [-0.3, -0.25) is 15.1 Å². The lowest BCUT2D eigenvalue weighted by molar-refractivity contribution is -0.137. The highest BCUT2D eigenvalue weighted by molar-refractivity contribution is 7.18. The van der Waals surface area contributed by atoms with Crippen LogP contribution in [0.15, 0.2) is 48.8 Å². The second-order valence-corrected chi connectivity index (χ2v) is 8.38. The van der Waals surface area contributed by atoms with Crippen LogP contribution in [0.1, 0.15) is 21.6 Å². The quantitative estimate of drug-likeness (QED) is 0.339. The van der Waals surface area contributed by atoms with E-state index in [1.165, 1.54) is 31.6 Å². The number of nitrogens with one attached hydrogen (secondary N) is 1. The SMILES string of the molecule is COc1cnc(Cl)cc1-c1cc(C)ncc1C(=O)Nc1nnc(-c2ccc(C(F)(F)F)cc2)s1. The van der Waals surface area contributed by atoms with E-state index in [1.807, 2.05) is 0 Å². The first-order valence-electron chi connectivity index (χ1n) is 9.64. The average Bonchev–Trinajstić information content (AvgIpc) is 3.27. The topological polar surface area (TPSA) is 89.9 Å². The number of carbonyl (C=O) groups excluding carboxylic acids is 1. The minimum atomic E-state index is -4.43. The standard InChI is InChI=1S/C22H15ClF3N5O2S/c1-11-7-14(15-8-18(23)28-10-17(15)33-2)16(9-27-11)19(32)29-21-31-30-20(34-21)12-3-5-13(6-4-12)22(24,25)26/h3-10H,1-2H3,(H,29,31,32). The lowest BCUT2D eigenvalue weighted by Gasteiger charge is -2.13. The minimum Gasteiger partial charge on any atom is -0.494 e. The molecular weight excluding hydrogens is 491 g/mol. The van der Waals surface area contributed by atoms with Crippen molar-refractivity contribution in [2.24, 2.45) is 0 Å². The highest BCUT2D eigenvalue weighted by Crippen LogP contribution is 2.35. The Hall–Kier alpha value is -3.57. The third-order valence-electron chi connectivity index (χ3n) is 4.73. The smallest absolute Gasteiger partial charge is 0.416 e. The molecule has 174 valence electrons. The second-order valence-electron chi connectivity index (χ2n) is 7.02. The van der Waals surface area contributed by atoms with E-state index >= 15 is 0 Å². The number of nitrogens with zero attached hydrogens (tertiary/aromatic N) is 4. The van der Waals surface area contributed by atoms with Crippen LogP contribution in [0, 0.1) is 6.92 Å². The van der Waals surface area contributed by atoms with Gasteiger partial charge in [0.2, 0.25) is 5.13 Å². The maximum atomic E-state index is 13.1. The van der Waals surface area contributed by atoms with E-state index < -0.39 is 17.6 Å². The summed E-state index contributed by atoms with van der Waals surface area (Å²) in [4.78, 5) is 21.3. The number of pyridine rings is 2. The summed E-state index contributed by atoms with van der Waals surface area (Å²) in [7, 11) is 1.48. The Kier molecular flexibility index (Phi) is 6.49. The van der Waals surface area contributed by atoms with Crippen molar-refractivity contribution in [1.29, 1.82) is 0 Å². The van der Waals surface area contributed by atoms with Gasteiger partial charge in [-0.25, -0.2) is 4.98 Å². The summed E-state index contributed by atoms with van der Waals surface area (Å²) in [5, 5.41) is 11.3. The summed E-state index contributed by atoms with van der Waals surface area (Å²) in [6.07, 6.45) is -1.55. The van der Waals surface area contributed by atoms with Crippen LogP contribution in [0.2, 0.25) is 5.15 Å². The van der Waals surface area contributed by atoms with Gasteiger partial charge in [-0.05, 0) is 31.2 Å². The minimum absolute atomic E-state index is 0.172. The number of anilines is 1. The Labute approximate surface area is 200 Å². The zero-order valence-corrected chi connectivity index (χ0v) is 19.2. The number of carbonyl (C=O) groups is 1. The normalized spacial score (nSPS) is 11.4. The van der Waals surface area contributed by atoms with Crippen LogP contribution in [0.4, 0.5) is 18.3 Å². The highest BCUT2D eigenvalue weighted by Gasteiger charge is 2.30. The Morgan fingerprint density at radius 3 is 2.47 bits per heavy atom. The van der Waals surface area contributed by atoms with Gasteiger partial charge < -0.3 is 4.74 Å². The molecule has 12 heteroatoms. The molecule has 4 aromatic rings. The van der Waals surface area contributed by atoms with Crippen molar-refractivity contribution in [2.75, 3.05) is 12.4 Å². The van der Waals surface area contributed by atoms with E-state index in [0.29, 0.717) is 33.1 Å². The Morgan fingerprint density at radius 1 is 1.06 bits per heavy atom. The summed E-state index contributed by atoms with van der Waals surface area (Å²) in [5.74, 6) is -0.0860. The van der Waals surface area contributed by atoms with E-state index in [4.69, 9.17) is 16.3 Å². The number of methoxy groups -OCH3 is 1. The zero-order chi connectivity index (χ0) is 24.5. The fourth-order valence-corrected chi connectivity index (χ4v) is 4.01. The largest absolute Gasteiger partial charge is 0.494 e. The van der Waals surface area contributed by atoms with E-state index in [1.54, 1.807) is 19.1 Å². The summed E-state index contributed by atoms with van der Waals surface area (Å²) in [5.41, 5.74) is 1.67. The zero-order valence-electron chi connectivity index (χ0n) is 17.6. The molecule has 1 amide bonds. The van der Waals surface area contributed by atoms with Gasteiger partial charge in [0.1, 0.15) is 15.9 Å². The molecule has 0 bridgehead atoms. The van der Waals surface area contributed by atoms with Crippen LogP contribution >= 0.6 is 22.9 Å². The van der Waals surface area contributed by atoms with E-state index in [9.17, 15) is 18.0 Å². The predicted octanol–water partition coefficient (Wildman–Crippen LogP) is 5.90. The van der Waals surface area contributed by atoms with Crippen molar-refractivity contribution in [3.8, 4) is 27.4 Å². The number of benzene rings is 1. The Bertz CT molecular complexity index is 1360. The molecule has 34 heavy (non-hydrogen) atoms. The molecule has 0 radical (unpaired) electrons. The third-order valence-corrected chi connectivity index (χ3v) is 5.83. The number of aromatic nitrogens is 4. The number of hydrogen-bond donors (Lipinski definition) is 1. The second kappa shape index (κ2) is 9.35. The number of alkyl halides is 3. The van der Waals surface area contributed by atoms with Crippen LogP contribution in [-0.4, -0.2) is 33.2 Å². The Morgan fingerprint density at radius 2 is 1.79 bits per heavy atom. The first-order chi connectivity index (χ1) is 16.2.